The minimum absolute atomic E-state index is 0.145. The van der Waals surface area contributed by atoms with Gasteiger partial charge in [0, 0.05) is 42.5 Å². The number of fused-ring (bicyclic) bond motifs is 2. The van der Waals surface area contributed by atoms with E-state index in [9.17, 15) is 9.18 Å². The SMILES string of the molecule is Cc1cc2nc(C)c(CCC(=O)Nc3ccc(F)c(-c4nnc5n4CCCCC5)c3)c(C)n2n1. The van der Waals surface area contributed by atoms with Gasteiger partial charge in [-0.3, -0.25) is 4.79 Å². The molecule has 0 fully saturated rings. The van der Waals surface area contributed by atoms with Gasteiger partial charge in [-0.25, -0.2) is 13.9 Å². The van der Waals surface area contributed by atoms with Crippen LogP contribution in [0.1, 0.15) is 54.2 Å². The van der Waals surface area contributed by atoms with Crippen molar-refractivity contribution in [3.8, 4) is 11.4 Å². The Labute approximate surface area is 197 Å². The molecule has 176 valence electrons. The van der Waals surface area contributed by atoms with E-state index in [2.05, 4.69) is 25.6 Å². The van der Waals surface area contributed by atoms with E-state index < -0.39 is 0 Å². The predicted octanol–water partition coefficient (Wildman–Crippen LogP) is 4.35. The van der Waals surface area contributed by atoms with Gasteiger partial charge < -0.3 is 9.88 Å². The fourth-order valence-electron chi connectivity index (χ4n) is 4.72. The number of anilines is 1. The lowest BCUT2D eigenvalue weighted by atomic mass is 10.1. The third kappa shape index (κ3) is 4.18. The van der Waals surface area contributed by atoms with Crippen molar-refractivity contribution in [2.24, 2.45) is 0 Å². The Morgan fingerprint density at radius 3 is 2.82 bits per heavy atom. The Bertz CT molecular complexity index is 1390. The first-order valence-corrected chi connectivity index (χ1v) is 11.7. The number of rotatable bonds is 5. The van der Waals surface area contributed by atoms with Crippen molar-refractivity contribution in [3.63, 3.8) is 0 Å². The molecule has 9 heteroatoms. The topological polar surface area (TPSA) is 90.0 Å². The Hall–Kier alpha value is -3.62. The zero-order valence-corrected chi connectivity index (χ0v) is 19.7. The summed E-state index contributed by atoms with van der Waals surface area (Å²) in [5.41, 5.74) is 5.50. The second-order valence-electron chi connectivity index (χ2n) is 8.96. The first kappa shape index (κ1) is 22.2. The number of nitrogens with one attached hydrogen (secondary N) is 1. The first-order chi connectivity index (χ1) is 16.4. The van der Waals surface area contributed by atoms with Crippen molar-refractivity contribution in [1.82, 2.24) is 29.4 Å². The molecule has 8 nitrogen and oxygen atoms in total. The van der Waals surface area contributed by atoms with Crippen LogP contribution in [-0.4, -0.2) is 35.3 Å². The average molecular weight is 462 g/mol. The van der Waals surface area contributed by atoms with Crippen molar-refractivity contribution in [2.45, 2.75) is 65.8 Å². The lowest BCUT2D eigenvalue weighted by Gasteiger charge is -2.12. The highest BCUT2D eigenvalue weighted by molar-refractivity contribution is 5.91. The molecule has 0 saturated carbocycles. The van der Waals surface area contributed by atoms with E-state index in [0.717, 1.165) is 66.3 Å². The summed E-state index contributed by atoms with van der Waals surface area (Å²) in [6.07, 6.45) is 4.89. The number of hydrogen-bond acceptors (Lipinski definition) is 5. The molecular weight excluding hydrogens is 433 g/mol. The Morgan fingerprint density at radius 1 is 1.12 bits per heavy atom. The highest BCUT2D eigenvalue weighted by atomic mass is 19.1. The maximum atomic E-state index is 14.7. The molecule has 0 radical (unpaired) electrons. The molecule has 1 aliphatic rings. The number of aromatic nitrogens is 6. The maximum Gasteiger partial charge on any atom is 0.224 e. The standard InChI is InChI=1S/C25H28FN7O/c1-15-13-23-27-16(2)19(17(3)33(23)31-15)9-11-24(34)28-18-8-10-21(26)20(14-18)25-30-29-22-7-5-4-6-12-32(22)25/h8,10,13-14H,4-7,9,11-12H2,1-3H3,(H,28,34). The van der Waals surface area contributed by atoms with E-state index in [4.69, 9.17) is 0 Å². The van der Waals surface area contributed by atoms with Crippen LogP contribution in [0.5, 0.6) is 0 Å². The fraction of sp³-hybridized carbons (Fsp3) is 0.400. The molecule has 3 aromatic heterocycles. The van der Waals surface area contributed by atoms with E-state index in [0.29, 0.717) is 23.5 Å². The number of carbonyl (C=O) groups excluding carboxylic acids is 1. The third-order valence-electron chi connectivity index (χ3n) is 6.49. The van der Waals surface area contributed by atoms with Gasteiger partial charge in [-0.05, 0) is 63.8 Å². The van der Waals surface area contributed by atoms with Gasteiger partial charge in [-0.1, -0.05) is 6.42 Å². The first-order valence-electron chi connectivity index (χ1n) is 11.7. The lowest BCUT2D eigenvalue weighted by molar-refractivity contribution is -0.116. The number of benzene rings is 1. The van der Waals surface area contributed by atoms with Crippen LogP contribution in [0.25, 0.3) is 17.0 Å². The van der Waals surface area contributed by atoms with Gasteiger partial charge in [0.15, 0.2) is 11.5 Å². The molecular formula is C25H28FN7O. The number of hydrogen-bond donors (Lipinski definition) is 1. The van der Waals surface area contributed by atoms with Gasteiger partial charge in [0.05, 0.1) is 11.3 Å². The van der Waals surface area contributed by atoms with Gasteiger partial charge in [0.2, 0.25) is 5.91 Å². The highest BCUT2D eigenvalue weighted by Gasteiger charge is 2.19. The lowest BCUT2D eigenvalue weighted by Crippen LogP contribution is -2.14. The zero-order chi connectivity index (χ0) is 23.8. The van der Waals surface area contributed by atoms with Crippen molar-refractivity contribution < 1.29 is 9.18 Å². The van der Waals surface area contributed by atoms with Crippen LogP contribution in [0.15, 0.2) is 24.3 Å². The van der Waals surface area contributed by atoms with E-state index in [1.54, 1.807) is 12.1 Å². The van der Waals surface area contributed by atoms with Crippen LogP contribution in [-0.2, 0) is 24.2 Å². The van der Waals surface area contributed by atoms with Gasteiger partial charge in [-0.15, -0.1) is 10.2 Å². The van der Waals surface area contributed by atoms with Crippen molar-refractivity contribution >= 4 is 17.2 Å². The summed E-state index contributed by atoms with van der Waals surface area (Å²) in [4.78, 5) is 17.4. The molecule has 0 atom stereocenters. The van der Waals surface area contributed by atoms with E-state index in [-0.39, 0.29) is 18.1 Å². The van der Waals surface area contributed by atoms with Crippen LogP contribution >= 0.6 is 0 Å². The van der Waals surface area contributed by atoms with Crippen LogP contribution < -0.4 is 5.32 Å². The Balaban J connectivity index is 1.33. The van der Waals surface area contributed by atoms with Crippen LogP contribution in [0.3, 0.4) is 0 Å². The molecule has 1 aliphatic heterocycles. The summed E-state index contributed by atoms with van der Waals surface area (Å²) in [6.45, 7) is 6.66. The molecule has 0 unspecified atom stereocenters. The Kier molecular flexibility index (Phi) is 5.85. The fourth-order valence-corrected chi connectivity index (χ4v) is 4.72. The molecule has 0 bridgehead atoms. The molecule has 1 N–H and O–H groups in total. The largest absolute Gasteiger partial charge is 0.326 e. The molecule has 4 heterocycles. The van der Waals surface area contributed by atoms with Crippen molar-refractivity contribution in [2.75, 3.05) is 5.32 Å². The third-order valence-corrected chi connectivity index (χ3v) is 6.49. The normalized spacial score (nSPS) is 13.6. The van der Waals surface area contributed by atoms with Crippen molar-refractivity contribution in [1.29, 1.82) is 0 Å². The highest BCUT2D eigenvalue weighted by Crippen LogP contribution is 2.28. The molecule has 1 amide bonds. The summed E-state index contributed by atoms with van der Waals surface area (Å²) >= 11 is 0. The quantitative estimate of drug-likeness (QED) is 0.477. The molecule has 1 aromatic carbocycles. The maximum absolute atomic E-state index is 14.7. The smallest absolute Gasteiger partial charge is 0.224 e. The monoisotopic (exact) mass is 461 g/mol. The molecule has 5 rings (SSSR count). The van der Waals surface area contributed by atoms with Crippen LogP contribution in [0.2, 0.25) is 0 Å². The van der Waals surface area contributed by atoms with E-state index in [1.165, 1.54) is 6.07 Å². The molecule has 0 spiro atoms. The number of amides is 1. The van der Waals surface area contributed by atoms with Gasteiger partial charge in [-0.2, -0.15) is 5.10 Å². The summed E-state index contributed by atoms with van der Waals surface area (Å²) < 4.78 is 18.5. The summed E-state index contributed by atoms with van der Waals surface area (Å²) in [6, 6.07) is 6.53. The van der Waals surface area contributed by atoms with Gasteiger partial charge >= 0.3 is 0 Å². The molecule has 0 aliphatic carbocycles. The van der Waals surface area contributed by atoms with Gasteiger partial charge in [0.25, 0.3) is 0 Å². The number of aryl methyl sites for hydroxylation is 4. The van der Waals surface area contributed by atoms with E-state index >= 15 is 0 Å². The number of carbonyl (C=O) groups is 1. The second kappa shape index (κ2) is 8.96. The van der Waals surface area contributed by atoms with Gasteiger partial charge in [0.1, 0.15) is 11.6 Å². The number of nitrogens with zero attached hydrogens (tertiary/aromatic N) is 6. The summed E-state index contributed by atoms with van der Waals surface area (Å²) in [5, 5.41) is 15.9. The predicted molar refractivity (Wildman–Crippen MR) is 127 cm³/mol. The minimum Gasteiger partial charge on any atom is -0.326 e. The molecule has 34 heavy (non-hydrogen) atoms. The summed E-state index contributed by atoms with van der Waals surface area (Å²) in [7, 11) is 0. The van der Waals surface area contributed by atoms with Crippen molar-refractivity contribution in [3.05, 3.63) is 58.6 Å². The second-order valence-corrected chi connectivity index (χ2v) is 8.96. The minimum atomic E-state index is -0.377. The van der Waals surface area contributed by atoms with E-state index in [1.807, 2.05) is 35.9 Å². The number of halogens is 1. The van der Waals surface area contributed by atoms with Crippen LogP contribution in [0.4, 0.5) is 10.1 Å². The average Bonchev–Trinajstić information content (AvgIpc) is 3.29. The molecule has 4 aromatic rings. The van der Waals surface area contributed by atoms with Crippen LogP contribution in [0, 0.1) is 26.6 Å². The summed E-state index contributed by atoms with van der Waals surface area (Å²) in [5.74, 6) is 0.890. The Morgan fingerprint density at radius 2 is 1.97 bits per heavy atom. The zero-order valence-electron chi connectivity index (χ0n) is 19.7. The molecule has 0 saturated heterocycles.